The lowest BCUT2D eigenvalue weighted by atomic mass is 10.0. The number of H-pyrrole nitrogens is 1. The van der Waals surface area contributed by atoms with Crippen LogP contribution in [0.2, 0.25) is 0 Å². The highest BCUT2D eigenvalue weighted by molar-refractivity contribution is 7.08. The number of para-hydroxylation sites is 1. The van der Waals surface area contributed by atoms with Crippen molar-refractivity contribution in [2.24, 2.45) is 0 Å². The highest BCUT2D eigenvalue weighted by Gasteiger charge is 2.27. The van der Waals surface area contributed by atoms with E-state index in [1.807, 2.05) is 35.0 Å². The molecule has 1 aliphatic rings. The normalized spacial score (nSPS) is 13.9. The highest BCUT2D eigenvalue weighted by Crippen LogP contribution is 2.31. The molecule has 3 heterocycles. The van der Waals surface area contributed by atoms with Crippen LogP contribution in [0.25, 0.3) is 16.5 Å². The molecule has 0 bridgehead atoms. The van der Waals surface area contributed by atoms with Crippen LogP contribution in [0.15, 0.2) is 47.3 Å². The van der Waals surface area contributed by atoms with E-state index in [0.29, 0.717) is 24.1 Å². The average molecular weight is 366 g/mol. The highest BCUT2D eigenvalue weighted by atomic mass is 32.1. The van der Waals surface area contributed by atoms with Gasteiger partial charge in [0.05, 0.1) is 23.4 Å². The van der Waals surface area contributed by atoms with Gasteiger partial charge in [-0.1, -0.05) is 18.2 Å². The number of fused-ring (bicyclic) bond motifs is 3. The number of benzene rings is 1. The summed E-state index contributed by atoms with van der Waals surface area (Å²) in [5.41, 5.74) is 3.78. The van der Waals surface area contributed by atoms with Gasteiger partial charge < -0.3 is 14.6 Å². The molecule has 26 heavy (non-hydrogen) atoms. The lowest BCUT2D eigenvalue weighted by molar-refractivity contribution is -0.136. The number of aromatic amines is 1. The lowest BCUT2D eigenvalue weighted by Gasteiger charge is -2.17. The second-order valence-electron chi connectivity index (χ2n) is 6.05. The largest absolute Gasteiger partial charge is 0.462 e. The van der Waals surface area contributed by atoms with E-state index in [9.17, 15) is 9.59 Å². The van der Waals surface area contributed by atoms with Gasteiger partial charge in [0.1, 0.15) is 0 Å². The Morgan fingerprint density at radius 2 is 2.12 bits per heavy atom. The number of carbonyl (C=O) groups excluding carboxylic acids is 2. The lowest BCUT2D eigenvalue weighted by Crippen LogP contribution is -2.27. The van der Waals surface area contributed by atoms with Crippen LogP contribution in [0.3, 0.4) is 0 Å². The Labute approximate surface area is 154 Å². The SMILES string of the molecule is CCOC(=O)C1=CN(C(=O)c2ccsc2)CCc2c1[nH]c1ccccc21. The molecule has 3 aromatic rings. The zero-order valence-electron chi connectivity index (χ0n) is 14.3. The maximum absolute atomic E-state index is 12.8. The van der Waals surface area contributed by atoms with Crippen LogP contribution in [-0.2, 0) is 16.0 Å². The Morgan fingerprint density at radius 3 is 2.88 bits per heavy atom. The molecule has 0 aliphatic carbocycles. The fourth-order valence-corrected chi connectivity index (χ4v) is 3.91. The summed E-state index contributed by atoms with van der Waals surface area (Å²) < 4.78 is 5.25. The van der Waals surface area contributed by atoms with E-state index in [1.165, 1.54) is 11.3 Å². The van der Waals surface area contributed by atoms with Gasteiger partial charge in [0, 0.05) is 29.0 Å². The van der Waals surface area contributed by atoms with Gasteiger partial charge in [-0.2, -0.15) is 11.3 Å². The molecule has 0 unspecified atom stereocenters. The zero-order valence-corrected chi connectivity index (χ0v) is 15.1. The molecule has 6 heteroatoms. The predicted octanol–water partition coefficient (Wildman–Crippen LogP) is 3.83. The van der Waals surface area contributed by atoms with Crippen LogP contribution in [0.5, 0.6) is 0 Å². The Balaban J connectivity index is 1.82. The predicted molar refractivity (Wildman–Crippen MR) is 102 cm³/mol. The van der Waals surface area contributed by atoms with Crippen LogP contribution in [0.1, 0.15) is 28.5 Å². The molecule has 2 aromatic heterocycles. The Hall–Kier alpha value is -2.86. The summed E-state index contributed by atoms with van der Waals surface area (Å²) in [6.45, 7) is 2.56. The van der Waals surface area contributed by atoms with Crippen molar-refractivity contribution in [2.75, 3.05) is 13.2 Å². The van der Waals surface area contributed by atoms with Crippen LogP contribution in [-0.4, -0.2) is 34.9 Å². The summed E-state index contributed by atoms with van der Waals surface area (Å²) in [4.78, 5) is 30.3. The van der Waals surface area contributed by atoms with E-state index in [2.05, 4.69) is 4.98 Å². The Bertz CT molecular complexity index is 1000. The number of nitrogens with zero attached hydrogens (tertiary/aromatic N) is 1. The van der Waals surface area contributed by atoms with E-state index >= 15 is 0 Å². The first-order valence-electron chi connectivity index (χ1n) is 8.51. The average Bonchev–Trinajstić information content (AvgIpc) is 3.26. The number of hydrogen-bond acceptors (Lipinski definition) is 4. The van der Waals surface area contributed by atoms with Crippen LogP contribution in [0, 0.1) is 0 Å². The Morgan fingerprint density at radius 1 is 1.27 bits per heavy atom. The van der Waals surface area contributed by atoms with E-state index in [4.69, 9.17) is 4.74 Å². The van der Waals surface area contributed by atoms with Crippen molar-refractivity contribution in [1.29, 1.82) is 0 Å². The number of rotatable bonds is 3. The molecule has 1 amide bonds. The van der Waals surface area contributed by atoms with Crippen molar-refractivity contribution in [1.82, 2.24) is 9.88 Å². The molecular weight excluding hydrogens is 348 g/mol. The van der Waals surface area contributed by atoms with Gasteiger partial charge in [-0.25, -0.2) is 4.79 Å². The molecule has 0 radical (unpaired) electrons. The fourth-order valence-electron chi connectivity index (χ4n) is 3.28. The second kappa shape index (κ2) is 6.80. The van der Waals surface area contributed by atoms with Crippen LogP contribution in [0.4, 0.5) is 0 Å². The summed E-state index contributed by atoms with van der Waals surface area (Å²) in [7, 11) is 0. The summed E-state index contributed by atoms with van der Waals surface area (Å²) >= 11 is 1.48. The molecule has 1 aromatic carbocycles. The first kappa shape index (κ1) is 16.6. The van der Waals surface area contributed by atoms with Crippen LogP contribution < -0.4 is 0 Å². The van der Waals surface area contributed by atoms with Crippen molar-refractivity contribution in [3.63, 3.8) is 0 Å². The first-order valence-corrected chi connectivity index (χ1v) is 9.45. The quantitative estimate of drug-likeness (QED) is 0.717. The van der Waals surface area contributed by atoms with Gasteiger partial charge in [-0.3, -0.25) is 4.79 Å². The fraction of sp³-hybridized carbons (Fsp3) is 0.200. The van der Waals surface area contributed by atoms with Crippen LogP contribution >= 0.6 is 11.3 Å². The number of thiophene rings is 1. The van der Waals surface area contributed by atoms with Gasteiger partial charge >= 0.3 is 5.97 Å². The summed E-state index contributed by atoms with van der Waals surface area (Å²) in [5.74, 6) is -0.534. The number of nitrogens with one attached hydrogen (secondary N) is 1. The minimum absolute atomic E-state index is 0.109. The molecular formula is C20H18N2O3S. The number of esters is 1. The van der Waals surface area contributed by atoms with Crippen molar-refractivity contribution in [2.45, 2.75) is 13.3 Å². The van der Waals surface area contributed by atoms with Crippen molar-refractivity contribution in [3.8, 4) is 0 Å². The van der Waals surface area contributed by atoms with Gasteiger partial charge in [-0.15, -0.1) is 0 Å². The molecule has 0 atom stereocenters. The van der Waals surface area contributed by atoms with Crippen molar-refractivity contribution in [3.05, 3.63) is 64.1 Å². The monoisotopic (exact) mass is 366 g/mol. The van der Waals surface area contributed by atoms with E-state index in [0.717, 1.165) is 22.2 Å². The molecule has 132 valence electrons. The molecule has 0 fully saturated rings. The van der Waals surface area contributed by atoms with Gasteiger partial charge in [0.2, 0.25) is 0 Å². The standard InChI is InChI=1S/C20H18N2O3S/c1-2-25-20(24)16-11-22(19(23)13-8-10-26-12-13)9-7-15-14-5-3-4-6-17(14)21-18(15)16/h3-6,8,10-12,21H,2,7,9H2,1H3. The number of carbonyl (C=O) groups is 2. The maximum Gasteiger partial charge on any atom is 0.341 e. The molecule has 5 nitrogen and oxygen atoms in total. The van der Waals surface area contributed by atoms with E-state index in [-0.39, 0.29) is 12.5 Å². The number of amides is 1. The van der Waals surface area contributed by atoms with E-state index in [1.54, 1.807) is 24.1 Å². The number of aromatic nitrogens is 1. The number of ether oxygens (including phenoxy) is 1. The van der Waals surface area contributed by atoms with E-state index < -0.39 is 5.97 Å². The van der Waals surface area contributed by atoms with Crippen molar-refractivity contribution >= 4 is 39.7 Å². The third kappa shape index (κ3) is 2.82. The second-order valence-corrected chi connectivity index (χ2v) is 6.83. The third-order valence-corrected chi connectivity index (χ3v) is 5.18. The third-order valence-electron chi connectivity index (χ3n) is 4.49. The summed E-state index contributed by atoms with van der Waals surface area (Å²) in [6, 6.07) is 9.75. The molecule has 1 aliphatic heterocycles. The molecule has 4 rings (SSSR count). The van der Waals surface area contributed by atoms with Gasteiger partial charge in [-0.05, 0) is 36.4 Å². The summed E-state index contributed by atoms with van der Waals surface area (Å²) in [6.07, 6.45) is 2.29. The summed E-state index contributed by atoms with van der Waals surface area (Å²) in [5, 5.41) is 4.76. The topological polar surface area (TPSA) is 62.4 Å². The number of hydrogen-bond donors (Lipinski definition) is 1. The van der Waals surface area contributed by atoms with Crippen molar-refractivity contribution < 1.29 is 14.3 Å². The minimum atomic E-state index is -0.426. The Kier molecular flexibility index (Phi) is 4.34. The minimum Gasteiger partial charge on any atom is -0.462 e. The zero-order chi connectivity index (χ0) is 18.1. The van der Waals surface area contributed by atoms with Gasteiger partial charge in [0.15, 0.2) is 0 Å². The smallest absolute Gasteiger partial charge is 0.341 e. The molecule has 0 saturated heterocycles. The first-order chi connectivity index (χ1) is 12.7. The molecule has 0 saturated carbocycles. The maximum atomic E-state index is 12.8. The molecule has 1 N–H and O–H groups in total. The molecule has 0 spiro atoms. The van der Waals surface area contributed by atoms with Gasteiger partial charge in [0.25, 0.3) is 5.91 Å².